The van der Waals surface area contributed by atoms with Crippen LogP contribution in [0.2, 0.25) is 0 Å². The number of aliphatic hydroxyl groups excluding tert-OH is 1. The minimum Gasteiger partial charge on any atom is -0.493 e. The van der Waals surface area contributed by atoms with Crippen molar-refractivity contribution in [2.75, 3.05) is 13.7 Å². The number of thiazole rings is 1. The van der Waals surface area contributed by atoms with Crippen molar-refractivity contribution in [3.8, 4) is 22.1 Å². The summed E-state index contributed by atoms with van der Waals surface area (Å²) in [4.78, 5) is 5.12. The van der Waals surface area contributed by atoms with E-state index in [0.717, 1.165) is 21.2 Å². The van der Waals surface area contributed by atoms with Crippen molar-refractivity contribution in [2.45, 2.75) is 13.5 Å². The maximum Gasteiger partial charge on any atom is 0.161 e. The van der Waals surface area contributed by atoms with Gasteiger partial charge in [-0.2, -0.15) is 0 Å². The second-order valence-electron chi connectivity index (χ2n) is 3.59. The molecule has 1 heterocycles. The highest BCUT2D eigenvalue weighted by Crippen LogP contribution is 2.34. The topological polar surface area (TPSA) is 51.6 Å². The predicted molar refractivity (Wildman–Crippen MR) is 71.2 cm³/mol. The van der Waals surface area contributed by atoms with Crippen molar-refractivity contribution < 1.29 is 14.6 Å². The van der Waals surface area contributed by atoms with E-state index in [1.54, 1.807) is 13.3 Å². The largest absolute Gasteiger partial charge is 0.493 e. The standard InChI is InChI=1S/C13H15NO3S/c1-3-17-11-5-4-9(6-12(11)16-2)13-14-7-10(8-15)18-13/h4-7,15H,3,8H2,1-2H3. The zero-order valence-corrected chi connectivity index (χ0v) is 11.2. The van der Waals surface area contributed by atoms with Crippen LogP contribution in [-0.4, -0.2) is 23.8 Å². The van der Waals surface area contributed by atoms with Gasteiger partial charge in [0.2, 0.25) is 0 Å². The average Bonchev–Trinajstić information content (AvgIpc) is 2.88. The van der Waals surface area contributed by atoms with Gasteiger partial charge in [0.15, 0.2) is 11.5 Å². The molecule has 2 aromatic rings. The number of hydrogen-bond donors (Lipinski definition) is 1. The molecular formula is C13H15NO3S. The lowest BCUT2D eigenvalue weighted by atomic mass is 10.2. The number of aliphatic hydroxyl groups is 1. The molecule has 1 aromatic carbocycles. The maximum atomic E-state index is 9.04. The van der Waals surface area contributed by atoms with E-state index in [4.69, 9.17) is 14.6 Å². The molecule has 0 atom stereocenters. The summed E-state index contributed by atoms with van der Waals surface area (Å²) in [6, 6.07) is 5.70. The van der Waals surface area contributed by atoms with E-state index in [2.05, 4.69) is 4.98 Å². The summed E-state index contributed by atoms with van der Waals surface area (Å²) in [5.41, 5.74) is 0.958. The van der Waals surface area contributed by atoms with Crippen molar-refractivity contribution in [3.63, 3.8) is 0 Å². The first-order chi connectivity index (χ1) is 8.78. The van der Waals surface area contributed by atoms with E-state index in [9.17, 15) is 0 Å². The van der Waals surface area contributed by atoms with Gasteiger partial charge in [-0.15, -0.1) is 11.3 Å². The summed E-state index contributed by atoms with van der Waals surface area (Å²) in [5, 5.41) is 9.90. The quantitative estimate of drug-likeness (QED) is 0.903. The Balaban J connectivity index is 2.34. The Labute approximate surface area is 110 Å². The first-order valence-electron chi connectivity index (χ1n) is 5.65. The fourth-order valence-electron chi connectivity index (χ4n) is 1.59. The molecule has 0 saturated carbocycles. The smallest absolute Gasteiger partial charge is 0.161 e. The molecule has 4 nitrogen and oxygen atoms in total. The normalized spacial score (nSPS) is 10.4. The van der Waals surface area contributed by atoms with Crippen LogP contribution in [0.3, 0.4) is 0 Å². The molecule has 0 bridgehead atoms. The van der Waals surface area contributed by atoms with E-state index in [0.29, 0.717) is 12.4 Å². The second-order valence-corrected chi connectivity index (χ2v) is 4.70. The Morgan fingerprint density at radius 2 is 2.17 bits per heavy atom. The molecule has 0 radical (unpaired) electrons. The molecule has 96 valence electrons. The van der Waals surface area contributed by atoms with Gasteiger partial charge >= 0.3 is 0 Å². The van der Waals surface area contributed by atoms with Crippen molar-refractivity contribution in [3.05, 3.63) is 29.3 Å². The van der Waals surface area contributed by atoms with Crippen LogP contribution in [0, 0.1) is 0 Å². The first-order valence-corrected chi connectivity index (χ1v) is 6.47. The van der Waals surface area contributed by atoms with Gasteiger partial charge in [0.05, 0.1) is 25.2 Å². The molecule has 18 heavy (non-hydrogen) atoms. The zero-order valence-electron chi connectivity index (χ0n) is 10.3. The first kappa shape index (κ1) is 12.9. The Bertz CT molecular complexity index is 525. The lowest BCUT2D eigenvalue weighted by Crippen LogP contribution is -1.95. The van der Waals surface area contributed by atoms with Crippen molar-refractivity contribution in [1.29, 1.82) is 0 Å². The second kappa shape index (κ2) is 5.84. The van der Waals surface area contributed by atoms with E-state index in [1.165, 1.54) is 11.3 Å². The molecule has 1 aromatic heterocycles. The molecule has 0 fully saturated rings. The molecule has 5 heteroatoms. The fourth-order valence-corrected chi connectivity index (χ4v) is 2.36. The molecule has 0 unspecified atom stereocenters. The van der Waals surface area contributed by atoms with Gasteiger partial charge in [-0.1, -0.05) is 0 Å². The third kappa shape index (κ3) is 2.63. The average molecular weight is 265 g/mol. The number of rotatable bonds is 5. The van der Waals surface area contributed by atoms with Gasteiger partial charge < -0.3 is 14.6 Å². The number of benzene rings is 1. The summed E-state index contributed by atoms with van der Waals surface area (Å²) in [5.74, 6) is 1.41. The third-order valence-electron chi connectivity index (χ3n) is 2.42. The fraction of sp³-hybridized carbons (Fsp3) is 0.308. The van der Waals surface area contributed by atoms with Crippen LogP contribution in [0.4, 0.5) is 0 Å². The minimum atomic E-state index is 0.0197. The van der Waals surface area contributed by atoms with Crippen molar-refractivity contribution in [1.82, 2.24) is 4.98 Å². The van der Waals surface area contributed by atoms with Crippen LogP contribution < -0.4 is 9.47 Å². The van der Waals surface area contributed by atoms with E-state index in [1.807, 2.05) is 25.1 Å². The molecule has 0 aliphatic carbocycles. The molecule has 1 N–H and O–H groups in total. The van der Waals surface area contributed by atoms with Gasteiger partial charge in [0, 0.05) is 11.8 Å². The minimum absolute atomic E-state index is 0.0197. The van der Waals surface area contributed by atoms with Crippen LogP contribution in [0.25, 0.3) is 10.6 Å². The molecular weight excluding hydrogens is 250 g/mol. The van der Waals surface area contributed by atoms with Gasteiger partial charge in [0.1, 0.15) is 5.01 Å². The van der Waals surface area contributed by atoms with Crippen LogP contribution in [0.5, 0.6) is 11.5 Å². The lowest BCUT2D eigenvalue weighted by Gasteiger charge is -2.09. The summed E-state index contributed by atoms with van der Waals surface area (Å²) >= 11 is 1.47. The SMILES string of the molecule is CCOc1ccc(-c2ncc(CO)s2)cc1OC. The van der Waals surface area contributed by atoms with Gasteiger partial charge in [-0.3, -0.25) is 0 Å². The zero-order chi connectivity index (χ0) is 13.0. The molecule has 0 spiro atoms. The van der Waals surface area contributed by atoms with Gasteiger partial charge in [-0.05, 0) is 25.1 Å². The summed E-state index contributed by atoms with van der Waals surface area (Å²) < 4.78 is 10.8. The molecule has 0 aliphatic rings. The highest BCUT2D eigenvalue weighted by molar-refractivity contribution is 7.15. The Hall–Kier alpha value is -1.59. The third-order valence-corrected chi connectivity index (χ3v) is 3.45. The molecule has 0 saturated heterocycles. The predicted octanol–water partition coefficient (Wildman–Crippen LogP) is 2.71. The number of nitrogens with zero attached hydrogens (tertiary/aromatic N) is 1. The van der Waals surface area contributed by atoms with Crippen molar-refractivity contribution >= 4 is 11.3 Å². The molecule has 0 aliphatic heterocycles. The van der Waals surface area contributed by atoms with Gasteiger partial charge in [0.25, 0.3) is 0 Å². The lowest BCUT2D eigenvalue weighted by molar-refractivity contribution is 0.285. The van der Waals surface area contributed by atoms with E-state index >= 15 is 0 Å². The monoisotopic (exact) mass is 265 g/mol. The van der Waals surface area contributed by atoms with Gasteiger partial charge in [-0.25, -0.2) is 4.98 Å². The number of aromatic nitrogens is 1. The van der Waals surface area contributed by atoms with Crippen LogP contribution in [0.15, 0.2) is 24.4 Å². The highest BCUT2D eigenvalue weighted by Gasteiger charge is 2.09. The number of methoxy groups -OCH3 is 1. The number of hydrogen-bond acceptors (Lipinski definition) is 5. The summed E-state index contributed by atoms with van der Waals surface area (Å²) in [7, 11) is 1.61. The van der Waals surface area contributed by atoms with Crippen molar-refractivity contribution in [2.24, 2.45) is 0 Å². The Morgan fingerprint density at radius 3 is 2.78 bits per heavy atom. The Kier molecular flexibility index (Phi) is 4.17. The highest BCUT2D eigenvalue weighted by atomic mass is 32.1. The maximum absolute atomic E-state index is 9.04. The Morgan fingerprint density at radius 1 is 1.33 bits per heavy atom. The molecule has 0 amide bonds. The number of ether oxygens (including phenoxy) is 2. The van der Waals surface area contributed by atoms with E-state index < -0.39 is 0 Å². The van der Waals surface area contributed by atoms with E-state index in [-0.39, 0.29) is 6.61 Å². The summed E-state index contributed by atoms with van der Waals surface area (Å²) in [6.07, 6.45) is 1.68. The summed E-state index contributed by atoms with van der Waals surface area (Å²) in [6.45, 7) is 2.55. The molecule has 2 rings (SSSR count). The van der Waals surface area contributed by atoms with Crippen LogP contribution in [0.1, 0.15) is 11.8 Å². The van der Waals surface area contributed by atoms with Crippen LogP contribution in [-0.2, 0) is 6.61 Å². The van der Waals surface area contributed by atoms with Crippen LogP contribution >= 0.6 is 11.3 Å².